The molecule has 2 rings (SSSR count). The molecule has 582 valence electrons. The molecule has 42 heteroatoms. The van der Waals surface area contributed by atoms with Gasteiger partial charge in [-0.05, 0) is 76.3 Å². The Labute approximate surface area is 600 Å². The molecular formula is C63H96N18O24. The topological polar surface area (TPSA) is 706 Å². The zero-order valence-electron chi connectivity index (χ0n) is 58.5. The van der Waals surface area contributed by atoms with Crippen molar-refractivity contribution in [3.05, 3.63) is 54.1 Å². The minimum atomic E-state index is -2.30. The highest BCUT2D eigenvalue weighted by Crippen LogP contribution is 2.13. The molecule has 1 aromatic heterocycles. The monoisotopic (exact) mass is 1490 g/mol. The SMILES string of the molecule is CC(C)C[C@H](NC(=O)[C@H](C)NC(=O)[C@H](CC(=O)O)NC(=O)[C@H](CC(=O)O)NC(=O)[C@H](CC(N)=O)NC(=O)[C@H](Cc1cnc[nH]1)NC(=O)[C@H](CO)NC(=O)[C@H](CC(N)=O)NC(=O)[C@@H](NC(=O)[C@H](CC(=O)O)NC(=O)[C@@H](N)Cc1ccccc1)[C@@H](C)O)C(=O)N[C@@H](CC(C)C)C(=O)N[C@@H](CCCCN)C(=O)O. The average Bonchev–Trinajstić information content (AvgIpc) is 1.10. The van der Waals surface area contributed by atoms with Crippen LogP contribution in [0, 0.1) is 11.8 Å². The summed E-state index contributed by atoms with van der Waals surface area (Å²) in [6.07, 6.45) is -5.30. The Kier molecular flexibility index (Phi) is 38.5. The van der Waals surface area contributed by atoms with E-state index >= 15 is 0 Å². The van der Waals surface area contributed by atoms with E-state index in [0.29, 0.717) is 18.4 Å². The van der Waals surface area contributed by atoms with E-state index in [2.05, 4.69) is 52.5 Å². The number of aliphatic hydroxyl groups is 2. The maximum absolute atomic E-state index is 14.2. The number of rotatable bonds is 49. The number of amides is 14. The number of nitrogens with one attached hydrogen (secondary N) is 13. The smallest absolute Gasteiger partial charge is 0.326 e. The number of aliphatic carboxylic acids is 4. The molecular weight excluding hydrogens is 1390 g/mol. The second-order valence-corrected chi connectivity index (χ2v) is 25.3. The van der Waals surface area contributed by atoms with Crippen molar-refractivity contribution in [3.8, 4) is 0 Å². The third-order valence-electron chi connectivity index (χ3n) is 15.2. The first-order valence-electron chi connectivity index (χ1n) is 33.0. The van der Waals surface area contributed by atoms with Gasteiger partial charge in [-0.3, -0.25) is 81.5 Å². The molecule has 14 amide bonds. The molecule has 27 N–H and O–H groups in total. The van der Waals surface area contributed by atoms with Gasteiger partial charge in [-0.15, -0.1) is 0 Å². The summed E-state index contributed by atoms with van der Waals surface area (Å²) in [6, 6.07) is -15.5. The minimum Gasteiger partial charge on any atom is -0.481 e. The lowest BCUT2D eigenvalue weighted by Gasteiger charge is -2.28. The Bertz CT molecular complexity index is 3380. The lowest BCUT2D eigenvalue weighted by atomic mass is 9.99. The lowest BCUT2D eigenvalue weighted by molar-refractivity contribution is -0.143. The van der Waals surface area contributed by atoms with Crippen molar-refractivity contribution < 1.29 is 117 Å². The maximum atomic E-state index is 14.2. The highest BCUT2D eigenvalue weighted by molar-refractivity contribution is 6.02. The molecule has 105 heavy (non-hydrogen) atoms. The Balaban J connectivity index is 2.39. The Hall–Kier alpha value is -11.3. The summed E-state index contributed by atoms with van der Waals surface area (Å²) in [7, 11) is 0. The Morgan fingerprint density at radius 1 is 0.438 bits per heavy atom. The molecule has 42 nitrogen and oxygen atoms in total. The number of carbonyl (C=O) groups excluding carboxylic acids is 14. The van der Waals surface area contributed by atoms with E-state index in [1.54, 1.807) is 58.0 Å². The molecule has 0 radical (unpaired) electrons. The van der Waals surface area contributed by atoms with Crippen LogP contribution in [-0.4, -0.2) is 245 Å². The number of carboxylic acids is 4. The second kappa shape index (κ2) is 45.0. The van der Waals surface area contributed by atoms with Gasteiger partial charge in [-0.25, -0.2) is 9.78 Å². The van der Waals surface area contributed by atoms with E-state index in [0.717, 1.165) is 26.4 Å². The number of aromatic nitrogens is 2. The Morgan fingerprint density at radius 3 is 1.22 bits per heavy atom. The Morgan fingerprint density at radius 2 is 0.810 bits per heavy atom. The average molecular weight is 1490 g/mol. The van der Waals surface area contributed by atoms with Crippen LogP contribution >= 0.6 is 0 Å². The summed E-state index contributed by atoms with van der Waals surface area (Å²) >= 11 is 0. The number of unbranched alkanes of at least 4 members (excludes halogenated alkanes) is 1. The van der Waals surface area contributed by atoms with E-state index in [4.69, 9.17) is 22.9 Å². The van der Waals surface area contributed by atoms with Crippen molar-refractivity contribution in [2.24, 2.45) is 34.8 Å². The summed E-state index contributed by atoms with van der Waals surface area (Å²) in [5.74, 6) is -25.0. The van der Waals surface area contributed by atoms with Crippen molar-refractivity contribution in [3.63, 3.8) is 0 Å². The van der Waals surface area contributed by atoms with E-state index in [1.165, 1.54) is 0 Å². The standard InChI is InChI=1S/C63H96N18O24/c1-28(2)16-36(55(96)74-37(17-29(3)4)54(95)71-35(63(104)105)14-10-11-15-64)72-51(92)30(5)70-53(94)41(22-47(86)87)77-59(100)42(23-48(88)89)78-57(98)39(20-45(66)84)76-56(97)38(19-33-25-68-27-69-33)75-61(102)44(26-82)80-58(99)40(21-46(67)85)79-62(103)50(31(6)83)81-60(101)43(24-49(90)91)73-52(93)34(65)18-32-12-8-7-9-13-32/h7-9,12-13,25,27-31,34-44,50,82-83H,10-11,14-24,26,64-65H2,1-6H3,(H2,66,84)(H2,67,85)(H,68,69)(H,70,94)(H,71,95)(H,72,92)(H,73,93)(H,74,96)(H,75,102)(H,76,97)(H,77,100)(H,78,98)(H,79,103)(H,80,99)(H,81,101)(H,86,87)(H,88,89)(H,90,91)(H,104,105)/t30-,31+,34-,35-,36-,37-,38-,39-,40-,41-,42-,43-,44-,50-/m0/s1. The van der Waals surface area contributed by atoms with Gasteiger partial charge in [-0.1, -0.05) is 58.0 Å². The number of carbonyl (C=O) groups is 18. The molecule has 1 heterocycles. The van der Waals surface area contributed by atoms with Crippen LogP contribution in [0.15, 0.2) is 42.9 Å². The molecule has 0 bridgehead atoms. The molecule has 0 saturated heterocycles. The van der Waals surface area contributed by atoms with Gasteiger partial charge in [0, 0.05) is 18.3 Å². The minimum absolute atomic E-state index is 0.0282. The van der Waals surface area contributed by atoms with E-state index in [-0.39, 0.29) is 49.8 Å². The molecule has 0 unspecified atom stereocenters. The van der Waals surface area contributed by atoms with Crippen LogP contribution in [0.4, 0.5) is 0 Å². The van der Waals surface area contributed by atoms with Crippen molar-refractivity contribution >= 4 is 107 Å². The zero-order valence-corrected chi connectivity index (χ0v) is 58.5. The van der Waals surface area contributed by atoms with Crippen LogP contribution in [0.2, 0.25) is 0 Å². The first kappa shape index (κ1) is 89.8. The number of nitrogens with zero attached hydrogens (tertiary/aromatic N) is 1. The van der Waals surface area contributed by atoms with Gasteiger partial charge in [0.1, 0.15) is 72.5 Å². The molecule has 0 saturated carbocycles. The van der Waals surface area contributed by atoms with Gasteiger partial charge in [-0.2, -0.15) is 0 Å². The first-order chi connectivity index (χ1) is 49.2. The predicted octanol–water partition coefficient (Wildman–Crippen LogP) is -8.79. The number of H-pyrrole nitrogens is 1. The fourth-order valence-electron chi connectivity index (χ4n) is 9.89. The molecule has 0 fully saturated rings. The summed E-state index contributed by atoms with van der Waals surface area (Å²) in [6.45, 7) is 7.85. The van der Waals surface area contributed by atoms with Gasteiger partial charge in [0.25, 0.3) is 0 Å². The number of primary amides is 2. The summed E-state index contributed by atoms with van der Waals surface area (Å²) in [4.78, 5) is 244. The molecule has 0 aliphatic heterocycles. The van der Waals surface area contributed by atoms with Gasteiger partial charge in [0.2, 0.25) is 82.7 Å². The fourth-order valence-corrected chi connectivity index (χ4v) is 9.89. The van der Waals surface area contributed by atoms with Crippen molar-refractivity contribution in [1.82, 2.24) is 73.8 Å². The van der Waals surface area contributed by atoms with Gasteiger partial charge in [0.05, 0.1) is 57.2 Å². The summed E-state index contributed by atoms with van der Waals surface area (Å²) < 4.78 is 0. The fraction of sp³-hybridized carbons (Fsp3) is 0.571. The quantitative estimate of drug-likeness (QED) is 0.0274. The third-order valence-corrected chi connectivity index (χ3v) is 15.2. The van der Waals surface area contributed by atoms with Gasteiger partial charge >= 0.3 is 23.9 Å². The molecule has 0 aliphatic carbocycles. The van der Waals surface area contributed by atoms with Crippen molar-refractivity contribution in [1.29, 1.82) is 0 Å². The summed E-state index contributed by atoms with van der Waals surface area (Å²) in [5, 5.41) is 86.1. The number of carboxylic acid groups (broad SMARTS) is 4. The molecule has 0 aliphatic rings. The number of aromatic amines is 1. The number of hydrogen-bond donors (Lipinski definition) is 23. The van der Waals surface area contributed by atoms with Crippen LogP contribution in [0.1, 0.15) is 117 Å². The lowest BCUT2D eigenvalue weighted by Crippen LogP contribution is -2.62. The number of aliphatic hydroxyl groups excluding tert-OH is 2. The van der Waals surface area contributed by atoms with E-state index in [9.17, 15) is 117 Å². The van der Waals surface area contributed by atoms with E-state index < -0.39 is 236 Å². The maximum Gasteiger partial charge on any atom is 0.326 e. The van der Waals surface area contributed by atoms with Crippen LogP contribution in [-0.2, 0) is 99.1 Å². The highest BCUT2D eigenvalue weighted by atomic mass is 16.4. The highest BCUT2D eigenvalue weighted by Gasteiger charge is 2.39. The third kappa shape index (κ3) is 33.6. The molecule has 2 aromatic rings. The number of hydrogen-bond acceptors (Lipinski definition) is 23. The molecule has 0 spiro atoms. The van der Waals surface area contributed by atoms with Crippen LogP contribution in [0.5, 0.6) is 0 Å². The zero-order chi connectivity index (χ0) is 79.5. The number of benzene rings is 1. The normalized spacial score (nSPS) is 15.1. The molecule has 14 atom stereocenters. The van der Waals surface area contributed by atoms with E-state index in [1.807, 2.05) is 21.3 Å². The predicted molar refractivity (Wildman–Crippen MR) is 362 cm³/mol. The number of imidazole rings is 1. The second-order valence-electron chi connectivity index (χ2n) is 25.3. The van der Waals surface area contributed by atoms with Gasteiger partial charge < -0.3 is 122 Å². The van der Waals surface area contributed by atoms with Crippen molar-refractivity contribution in [2.45, 2.75) is 203 Å². The van der Waals surface area contributed by atoms with Crippen LogP contribution in [0.25, 0.3) is 0 Å². The first-order valence-corrected chi connectivity index (χ1v) is 33.0. The largest absolute Gasteiger partial charge is 0.481 e. The molecule has 1 aromatic carbocycles. The summed E-state index contributed by atoms with van der Waals surface area (Å²) in [5.41, 5.74) is 23.0. The number of nitrogens with two attached hydrogens (primary N) is 4. The van der Waals surface area contributed by atoms with Crippen LogP contribution < -0.4 is 86.7 Å². The van der Waals surface area contributed by atoms with Crippen LogP contribution in [0.3, 0.4) is 0 Å². The van der Waals surface area contributed by atoms with Crippen molar-refractivity contribution in [2.75, 3.05) is 13.2 Å². The van der Waals surface area contributed by atoms with Gasteiger partial charge in [0.15, 0.2) is 0 Å².